The maximum atomic E-state index is 12.4. The molecule has 1 aromatic carbocycles. The first-order valence-corrected chi connectivity index (χ1v) is 8.51. The summed E-state index contributed by atoms with van der Waals surface area (Å²) < 4.78 is 0. The van der Waals surface area contributed by atoms with Gasteiger partial charge in [0.1, 0.15) is 12.1 Å². The van der Waals surface area contributed by atoms with Crippen molar-refractivity contribution < 1.29 is 9.59 Å². The average Bonchev–Trinajstić information content (AvgIpc) is 2.49. The number of rotatable bonds is 6. The Hall–Kier alpha value is -1.49. The molecule has 5 heteroatoms. The van der Waals surface area contributed by atoms with E-state index in [1.807, 2.05) is 30.3 Å². The second-order valence-electron chi connectivity index (χ2n) is 5.16. The standard InChI is InChI=1S/C16H22N2O2S/c1-3-21-10-9-18-14(11-13-7-5-4-6-8-13)15(19)17-12(2)16(18)20/h4-8,12,14H,3,9-11H2,1-2H3,(H,17,19). The van der Waals surface area contributed by atoms with Gasteiger partial charge in [-0.15, -0.1) is 0 Å². The van der Waals surface area contributed by atoms with Crippen LogP contribution in [0.3, 0.4) is 0 Å². The maximum Gasteiger partial charge on any atom is 0.245 e. The van der Waals surface area contributed by atoms with Gasteiger partial charge in [0.25, 0.3) is 0 Å². The van der Waals surface area contributed by atoms with E-state index < -0.39 is 12.1 Å². The smallest absolute Gasteiger partial charge is 0.245 e. The van der Waals surface area contributed by atoms with Gasteiger partial charge in [-0.3, -0.25) is 9.59 Å². The summed E-state index contributed by atoms with van der Waals surface area (Å²) in [5, 5.41) is 2.78. The summed E-state index contributed by atoms with van der Waals surface area (Å²) in [6, 6.07) is 9.04. The van der Waals surface area contributed by atoms with Crippen molar-refractivity contribution in [1.29, 1.82) is 0 Å². The predicted octanol–water partition coefficient (Wildman–Crippen LogP) is 1.70. The van der Waals surface area contributed by atoms with Crippen LogP contribution in [-0.2, 0) is 16.0 Å². The largest absolute Gasteiger partial charge is 0.343 e. The van der Waals surface area contributed by atoms with Crippen LogP contribution in [0.4, 0.5) is 0 Å². The molecule has 0 aromatic heterocycles. The highest BCUT2D eigenvalue weighted by atomic mass is 32.2. The van der Waals surface area contributed by atoms with Crippen molar-refractivity contribution in [2.24, 2.45) is 0 Å². The van der Waals surface area contributed by atoms with Gasteiger partial charge in [0.05, 0.1) is 0 Å². The molecule has 1 fully saturated rings. The van der Waals surface area contributed by atoms with Gasteiger partial charge in [0.2, 0.25) is 11.8 Å². The fraction of sp³-hybridized carbons (Fsp3) is 0.500. The van der Waals surface area contributed by atoms with Gasteiger partial charge >= 0.3 is 0 Å². The maximum absolute atomic E-state index is 12.4. The number of hydrogen-bond donors (Lipinski definition) is 1. The quantitative estimate of drug-likeness (QED) is 0.814. The van der Waals surface area contributed by atoms with Gasteiger partial charge < -0.3 is 10.2 Å². The fourth-order valence-electron chi connectivity index (χ4n) is 2.53. The molecule has 2 atom stereocenters. The summed E-state index contributed by atoms with van der Waals surface area (Å²) in [6.45, 7) is 4.48. The predicted molar refractivity (Wildman–Crippen MR) is 86.3 cm³/mol. The van der Waals surface area contributed by atoms with Crippen molar-refractivity contribution in [2.75, 3.05) is 18.1 Å². The number of carbonyl (C=O) groups is 2. The zero-order valence-corrected chi connectivity index (χ0v) is 13.4. The summed E-state index contributed by atoms with van der Waals surface area (Å²) in [5.41, 5.74) is 1.08. The molecule has 1 N–H and O–H groups in total. The van der Waals surface area contributed by atoms with Crippen LogP contribution in [0.15, 0.2) is 30.3 Å². The molecule has 1 heterocycles. The Balaban J connectivity index is 2.12. The first kappa shape index (κ1) is 15.9. The molecule has 2 rings (SSSR count). The summed E-state index contributed by atoms with van der Waals surface area (Å²) in [5.74, 6) is 1.86. The Morgan fingerprint density at radius 3 is 2.62 bits per heavy atom. The summed E-state index contributed by atoms with van der Waals surface area (Å²) in [6.07, 6.45) is 0.571. The molecule has 0 spiro atoms. The third-order valence-corrected chi connectivity index (χ3v) is 4.52. The Morgan fingerprint density at radius 1 is 1.24 bits per heavy atom. The van der Waals surface area contributed by atoms with E-state index in [-0.39, 0.29) is 11.8 Å². The lowest BCUT2D eigenvalue weighted by Gasteiger charge is -2.38. The molecule has 1 aromatic rings. The Bertz CT molecular complexity index is 492. The number of hydrogen-bond acceptors (Lipinski definition) is 3. The minimum atomic E-state index is -0.420. The topological polar surface area (TPSA) is 49.4 Å². The van der Waals surface area contributed by atoms with Crippen LogP contribution in [-0.4, -0.2) is 46.8 Å². The van der Waals surface area contributed by atoms with E-state index in [0.717, 1.165) is 17.1 Å². The van der Waals surface area contributed by atoms with Crippen LogP contribution in [0, 0.1) is 0 Å². The van der Waals surface area contributed by atoms with Crippen LogP contribution in [0.1, 0.15) is 19.4 Å². The fourth-order valence-corrected chi connectivity index (χ4v) is 3.14. The van der Waals surface area contributed by atoms with E-state index in [1.165, 1.54) is 0 Å². The first-order chi connectivity index (χ1) is 10.1. The zero-order chi connectivity index (χ0) is 15.2. The monoisotopic (exact) mass is 306 g/mol. The number of thioether (sulfide) groups is 1. The highest BCUT2D eigenvalue weighted by Gasteiger charge is 2.37. The van der Waals surface area contributed by atoms with Gasteiger partial charge in [0.15, 0.2) is 0 Å². The van der Waals surface area contributed by atoms with Gasteiger partial charge in [-0.2, -0.15) is 11.8 Å². The Kier molecular flexibility index (Phi) is 5.67. The number of nitrogens with one attached hydrogen (secondary N) is 1. The second-order valence-corrected chi connectivity index (χ2v) is 6.56. The SMILES string of the molecule is CCSCCN1C(=O)C(C)NC(=O)C1Cc1ccccc1. The molecular formula is C16H22N2O2S. The highest BCUT2D eigenvalue weighted by Crippen LogP contribution is 2.16. The molecule has 0 aliphatic carbocycles. The van der Waals surface area contributed by atoms with E-state index in [2.05, 4.69) is 12.2 Å². The van der Waals surface area contributed by atoms with Gasteiger partial charge in [-0.1, -0.05) is 37.3 Å². The molecule has 2 amide bonds. The number of amides is 2. The molecule has 4 nitrogen and oxygen atoms in total. The first-order valence-electron chi connectivity index (χ1n) is 7.36. The lowest BCUT2D eigenvalue weighted by atomic mass is 10.00. The van der Waals surface area contributed by atoms with Crippen molar-refractivity contribution >= 4 is 23.6 Å². The van der Waals surface area contributed by atoms with E-state index in [1.54, 1.807) is 23.6 Å². The minimum Gasteiger partial charge on any atom is -0.343 e. The Labute approximate surface area is 130 Å². The van der Waals surface area contributed by atoms with E-state index >= 15 is 0 Å². The zero-order valence-electron chi connectivity index (χ0n) is 12.5. The normalized spacial score (nSPS) is 22.3. The van der Waals surface area contributed by atoms with E-state index in [4.69, 9.17) is 0 Å². The van der Waals surface area contributed by atoms with Crippen molar-refractivity contribution in [3.8, 4) is 0 Å². The van der Waals surface area contributed by atoms with Crippen molar-refractivity contribution in [2.45, 2.75) is 32.4 Å². The van der Waals surface area contributed by atoms with Crippen LogP contribution < -0.4 is 5.32 Å². The second kappa shape index (κ2) is 7.50. The number of benzene rings is 1. The lowest BCUT2D eigenvalue weighted by molar-refractivity contribution is -0.148. The molecule has 0 saturated carbocycles. The van der Waals surface area contributed by atoms with Gasteiger partial charge in [0, 0.05) is 18.7 Å². The molecule has 1 aliphatic rings. The third-order valence-electron chi connectivity index (χ3n) is 3.64. The molecular weight excluding hydrogens is 284 g/mol. The molecule has 0 bridgehead atoms. The Morgan fingerprint density at radius 2 is 1.95 bits per heavy atom. The van der Waals surface area contributed by atoms with Crippen LogP contribution >= 0.6 is 11.8 Å². The summed E-state index contributed by atoms with van der Waals surface area (Å²) >= 11 is 1.79. The van der Waals surface area contributed by atoms with Crippen LogP contribution in [0.5, 0.6) is 0 Å². The van der Waals surface area contributed by atoms with Crippen molar-refractivity contribution in [3.63, 3.8) is 0 Å². The molecule has 21 heavy (non-hydrogen) atoms. The van der Waals surface area contributed by atoms with Crippen LogP contribution in [0.25, 0.3) is 0 Å². The van der Waals surface area contributed by atoms with Gasteiger partial charge in [-0.05, 0) is 18.2 Å². The molecule has 1 aliphatic heterocycles. The lowest BCUT2D eigenvalue weighted by Crippen LogP contribution is -2.63. The van der Waals surface area contributed by atoms with Crippen molar-refractivity contribution in [3.05, 3.63) is 35.9 Å². The molecule has 0 radical (unpaired) electrons. The van der Waals surface area contributed by atoms with Gasteiger partial charge in [-0.25, -0.2) is 0 Å². The summed E-state index contributed by atoms with van der Waals surface area (Å²) in [4.78, 5) is 26.4. The van der Waals surface area contributed by atoms with E-state index in [0.29, 0.717) is 13.0 Å². The van der Waals surface area contributed by atoms with Crippen molar-refractivity contribution in [1.82, 2.24) is 10.2 Å². The number of piperazine rings is 1. The highest BCUT2D eigenvalue weighted by molar-refractivity contribution is 7.99. The molecule has 2 unspecified atom stereocenters. The minimum absolute atomic E-state index is 0.0206. The average molecular weight is 306 g/mol. The summed E-state index contributed by atoms with van der Waals surface area (Å²) in [7, 11) is 0. The van der Waals surface area contributed by atoms with E-state index in [9.17, 15) is 9.59 Å². The molecule has 1 saturated heterocycles. The van der Waals surface area contributed by atoms with Crippen LogP contribution in [0.2, 0.25) is 0 Å². The number of carbonyl (C=O) groups excluding carboxylic acids is 2. The third kappa shape index (κ3) is 4.00. The molecule has 114 valence electrons. The number of nitrogens with zero attached hydrogens (tertiary/aromatic N) is 1.